The van der Waals surface area contributed by atoms with Crippen LogP contribution in [0, 0.1) is 6.92 Å². The van der Waals surface area contributed by atoms with Crippen LogP contribution in [-0.4, -0.2) is 23.3 Å². The van der Waals surface area contributed by atoms with Crippen molar-refractivity contribution in [2.24, 2.45) is 0 Å². The lowest BCUT2D eigenvalue weighted by molar-refractivity contribution is 0.208. The maximum Gasteiger partial charge on any atom is 0.319 e. The second kappa shape index (κ2) is 6.91. The van der Waals surface area contributed by atoms with Gasteiger partial charge in [-0.1, -0.05) is 28.9 Å². The third-order valence-electron chi connectivity index (χ3n) is 3.31. The number of nitrogens with one attached hydrogen (secondary N) is 2. The lowest BCUT2D eigenvalue weighted by Crippen LogP contribution is -2.48. The van der Waals surface area contributed by atoms with Crippen molar-refractivity contribution in [3.8, 4) is 0 Å². The summed E-state index contributed by atoms with van der Waals surface area (Å²) in [5.74, 6) is 0. The van der Waals surface area contributed by atoms with Gasteiger partial charge in [-0.15, -0.1) is 0 Å². The van der Waals surface area contributed by atoms with Crippen molar-refractivity contribution in [3.63, 3.8) is 0 Å². The van der Waals surface area contributed by atoms with Crippen LogP contribution in [0.1, 0.15) is 32.3 Å². The zero-order chi connectivity index (χ0) is 14.5. The van der Waals surface area contributed by atoms with Gasteiger partial charge in [-0.05, 0) is 44.4 Å². The minimum atomic E-state index is -0.390. The Labute approximate surface area is 122 Å². The smallest absolute Gasteiger partial charge is 0.319 e. The predicted octanol–water partition coefficient (Wildman–Crippen LogP) is 3.43. The largest absolute Gasteiger partial charge is 0.396 e. The maximum absolute atomic E-state index is 12.0. The van der Waals surface area contributed by atoms with Crippen LogP contribution in [0.2, 0.25) is 0 Å². The summed E-state index contributed by atoms with van der Waals surface area (Å²) in [6.07, 6.45) is 1.30. The third kappa shape index (κ3) is 4.84. The Kier molecular flexibility index (Phi) is 5.82. The van der Waals surface area contributed by atoms with Crippen LogP contribution in [0.4, 0.5) is 10.5 Å². The van der Waals surface area contributed by atoms with Gasteiger partial charge in [0.25, 0.3) is 0 Å². The molecule has 0 bridgehead atoms. The molecule has 0 heterocycles. The molecule has 1 atom stereocenters. The van der Waals surface area contributed by atoms with Crippen molar-refractivity contribution in [2.45, 2.75) is 39.2 Å². The van der Waals surface area contributed by atoms with Gasteiger partial charge in [0.15, 0.2) is 0 Å². The Morgan fingerprint density at radius 1 is 1.47 bits per heavy atom. The number of hydrogen-bond donors (Lipinski definition) is 3. The number of urea groups is 1. The molecule has 5 heteroatoms. The second-order valence-corrected chi connectivity index (χ2v) is 5.84. The molecule has 1 unspecified atom stereocenters. The predicted molar refractivity (Wildman–Crippen MR) is 81.4 cm³/mol. The second-order valence-electron chi connectivity index (χ2n) is 4.93. The van der Waals surface area contributed by atoms with Gasteiger partial charge in [-0.25, -0.2) is 4.79 Å². The Balaban J connectivity index is 2.72. The van der Waals surface area contributed by atoms with Gasteiger partial charge in [0.2, 0.25) is 0 Å². The molecule has 0 aliphatic heterocycles. The number of amides is 2. The van der Waals surface area contributed by atoms with Crippen molar-refractivity contribution in [3.05, 3.63) is 28.2 Å². The highest BCUT2D eigenvalue weighted by atomic mass is 79.9. The molecule has 3 N–H and O–H groups in total. The van der Waals surface area contributed by atoms with Crippen molar-refractivity contribution in [1.82, 2.24) is 5.32 Å². The van der Waals surface area contributed by atoms with Crippen molar-refractivity contribution < 1.29 is 9.90 Å². The van der Waals surface area contributed by atoms with Gasteiger partial charge >= 0.3 is 6.03 Å². The van der Waals surface area contributed by atoms with E-state index in [0.717, 1.165) is 22.1 Å². The number of carbonyl (C=O) groups excluding carboxylic acids is 1. The molecule has 2 amide bonds. The van der Waals surface area contributed by atoms with Crippen molar-refractivity contribution in [2.75, 3.05) is 11.9 Å². The number of anilines is 1. The summed E-state index contributed by atoms with van der Waals surface area (Å²) in [5.41, 5.74) is 1.38. The molecule has 0 aliphatic rings. The zero-order valence-electron chi connectivity index (χ0n) is 11.6. The van der Waals surface area contributed by atoms with Crippen molar-refractivity contribution in [1.29, 1.82) is 0 Å². The summed E-state index contributed by atoms with van der Waals surface area (Å²) in [6, 6.07) is 5.48. The SMILES string of the molecule is CCC(C)(CCO)NC(=O)Nc1cc(Br)ccc1C. The Morgan fingerprint density at radius 2 is 2.16 bits per heavy atom. The van der Waals surface area contributed by atoms with Crippen LogP contribution >= 0.6 is 15.9 Å². The topological polar surface area (TPSA) is 61.4 Å². The van der Waals surface area contributed by atoms with E-state index in [1.165, 1.54) is 0 Å². The molecular weight excluding hydrogens is 308 g/mol. The minimum Gasteiger partial charge on any atom is -0.396 e. The standard InChI is InChI=1S/C14H21BrN2O2/c1-4-14(3,7-8-18)17-13(19)16-12-9-11(15)6-5-10(12)2/h5-6,9,18H,4,7-8H2,1-3H3,(H2,16,17,19). The van der Waals surface area contributed by atoms with E-state index in [1.807, 2.05) is 39.0 Å². The Bertz CT molecular complexity index is 451. The first-order chi connectivity index (χ1) is 8.90. The van der Waals surface area contributed by atoms with E-state index in [-0.39, 0.29) is 12.6 Å². The first-order valence-electron chi connectivity index (χ1n) is 6.36. The van der Waals surface area contributed by atoms with Crippen LogP contribution in [0.3, 0.4) is 0 Å². The molecule has 1 aromatic carbocycles. The first kappa shape index (κ1) is 16.0. The van der Waals surface area contributed by atoms with Gasteiger partial charge in [0, 0.05) is 22.3 Å². The molecule has 19 heavy (non-hydrogen) atoms. The molecule has 0 aliphatic carbocycles. The Hall–Kier alpha value is -1.07. The van der Waals surface area contributed by atoms with Crippen LogP contribution < -0.4 is 10.6 Å². The van der Waals surface area contributed by atoms with Crippen LogP contribution in [0.15, 0.2) is 22.7 Å². The quantitative estimate of drug-likeness (QED) is 0.775. The fourth-order valence-electron chi connectivity index (χ4n) is 1.73. The van der Waals surface area contributed by atoms with Gasteiger partial charge in [-0.3, -0.25) is 0 Å². The number of carbonyl (C=O) groups is 1. The average Bonchev–Trinajstić information content (AvgIpc) is 2.34. The molecule has 1 aromatic rings. The van der Waals surface area contributed by atoms with E-state index >= 15 is 0 Å². The van der Waals surface area contributed by atoms with E-state index in [1.54, 1.807) is 0 Å². The molecule has 0 fully saturated rings. The molecule has 0 saturated carbocycles. The van der Waals surface area contributed by atoms with Gasteiger partial charge in [0.1, 0.15) is 0 Å². The van der Waals surface area contributed by atoms with E-state index in [4.69, 9.17) is 5.11 Å². The summed E-state index contributed by atoms with van der Waals surface area (Å²) in [6.45, 7) is 5.91. The van der Waals surface area contributed by atoms with E-state index in [0.29, 0.717) is 6.42 Å². The number of aliphatic hydroxyl groups excluding tert-OH is 1. The molecule has 0 saturated heterocycles. The fraction of sp³-hybridized carbons (Fsp3) is 0.500. The van der Waals surface area contributed by atoms with E-state index in [2.05, 4.69) is 26.6 Å². The van der Waals surface area contributed by atoms with Crippen LogP contribution in [0.5, 0.6) is 0 Å². The first-order valence-corrected chi connectivity index (χ1v) is 7.15. The minimum absolute atomic E-state index is 0.0561. The maximum atomic E-state index is 12.0. The third-order valence-corrected chi connectivity index (χ3v) is 3.80. The van der Waals surface area contributed by atoms with Crippen molar-refractivity contribution >= 4 is 27.6 Å². The molecule has 106 valence electrons. The highest BCUT2D eigenvalue weighted by Gasteiger charge is 2.23. The molecule has 0 spiro atoms. The summed E-state index contributed by atoms with van der Waals surface area (Å²) >= 11 is 3.38. The summed E-state index contributed by atoms with van der Waals surface area (Å²) in [7, 11) is 0. The van der Waals surface area contributed by atoms with E-state index in [9.17, 15) is 4.79 Å². The fourth-order valence-corrected chi connectivity index (χ4v) is 2.09. The zero-order valence-corrected chi connectivity index (χ0v) is 13.2. The van der Waals surface area contributed by atoms with Gasteiger partial charge in [0.05, 0.1) is 0 Å². The average molecular weight is 329 g/mol. The number of halogens is 1. The highest BCUT2D eigenvalue weighted by molar-refractivity contribution is 9.10. The van der Waals surface area contributed by atoms with E-state index < -0.39 is 5.54 Å². The number of benzene rings is 1. The van der Waals surface area contributed by atoms with Gasteiger partial charge < -0.3 is 15.7 Å². The molecular formula is C14H21BrN2O2. The lowest BCUT2D eigenvalue weighted by atomic mass is 9.95. The summed E-state index contributed by atoms with van der Waals surface area (Å²) in [4.78, 5) is 12.0. The monoisotopic (exact) mass is 328 g/mol. The van der Waals surface area contributed by atoms with Crippen LogP contribution in [-0.2, 0) is 0 Å². The summed E-state index contributed by atoms with van der Waals surface area (Å²) < 4.78 is 0.919. The highest BCUT2D eigenvalue weighted by Crippen LogP contribution is 2.21. The number of hydrogen-bond acceptors (Lipinski definition) is 2. The molecule has 0 radical (unpaired) electrons. The molecule has 4 nitrogen and oxygen atoms in total. The summed E-state index contributed by atoms with van der Waals surface area (Å²) in [5, 5.41) is 14.8. The van der Waals surface area contributed by atoms with Gasteiger partial charge in [-0.2, -0.15) is 0 Å². The number of aryl methyl sites for hydroxylation is 1. The lowest BCUT2D eigenvalue weighted by Gasteiger charge is -2.29. The normalized spacial score (nSPS) is 13.7. The molecule has 0 aromatic heterocycles. The number of rotatable bonds is 5. The number of aliphatic hydroxyl groups is 1. The molecule has 1 rings (SSSR count). The van der Waals surface area contributed by atoms with Crippen LogP contribution in [0.25, 0.3) is 0 Å². The Morgan fingerprint density at radius 3 is 2.74 bits per heavy atom.